The molecule has 0 amide bonds. The van der Waals surface area contributed by atoms with Gasteiger partial charge in [0, 0.05) is 0 Å². The molecule has 2 aliphatic rings. The molecule has 3 rings (SSSR count). The summed E-state index contributed by atoms with van der Waals surface area (Å²) >= 11 is 0. The SMILES string of the molecule is CC1(c2ccccc2)CC2CC1CC2O. The monoisotopic (exact) mass is 202 g/mol. The lowest BCUT2D eigenvalue weighted by atomic mass is 9.69. The van der Waals surface area contributed by atoms with E-state index in [2.05, 4.69) is 37.3 Å². The highest BCUT2D eigenvalue weighted by Gasteiger charge is 2.52. The maximum atomic E-state index is 9.80. The highest BCUT2D eigenvalue weighted by atomic mass is 16.3. The van der Waals surface area contributed by atoms with E-state index in [1.54, 1.807) is 0 Å². The van der Waals surface area contributed by atoms with E-state index in [0.717, 1.165) is 6.42 Å². The van der Waals surface area contributed by atoms with Gasteiger partial charge in [-0.3, -0.25) is 0 Å². The van der Waals surface area contributed by atoms with E-state index in [9.17, 15) is 5.11 Å². The number of hydrogen-bond donors (Lipinski definition) is 1. The lowest BCUT2D eigenvalue weighted by molar-refractivity contribution is 0.0878. The largest absolute Gasteiger partial charge is 0.393 e. The fourth-order valence-corrected chi connectivity index (χ4v) is 3.73. The normalized spacial score (nSPS) is 43.5. The molecule has 1 aromatic carbocycles. The van der Waals surface area contributed by atoms with Crippen LogP contribution in [0.1, 0.15) is 31.7 Å². The average molecular weight is 202 g/mol. The van der Waals surface area contributed by atoms with Crippen molar-refractivity contribution in [2.75, 3.05) is 0 Å². The zero-order chi connectivity index (χ0) is 10.5. The van der Waals surface area contributed by atoms with Gasteiger partial charge in [-0.25, -0.2) is 0 Å². The molecule has 0 saturated heterocycles. The summed E-state index contributed by atoms with van der Waals surface area (Å²) in [6.07, 6.45) is 3.39. The van der Waals surface area contributed by atoms with Crippen molar-refractivity contribution < 1.29 is 5.11 Å². The number of fused-ring (bicyclic) bond motifs is 2. The summed E-state index contributed by atoms with van der Waals surface area (Å²) in [5.41, 5.74) is 1.79. The fraction of sp³-hybridized carbons (Fsp3) is 0.571. The van der Waals surface area contributed by atoms with E-state index in [-0.39, 0.29) is 6.10 Å². The first-order valence-corrected chi connectivity index (χ1v) is 5.94. The lowest BCUT2D eigenvalue weighted by Crippen LogP contribution is -2.33. The van der Waals surface area contributed by atoms with Crippen LogP contribution in [-0.2, 0) is 5.41 Å². The van der Waals surface area contributed by atoms with E-state index < -0.39 is 0 Å². The third kappa shape index (κ3) is 1.26. The van der Waals surface area contributed by atoms with Crippen LogP contribution in [0.5, 0.6) is 0 Å². The van der Waals surface area contributed by atoms with E-state index in [1.165, 1.54) is 18.4 Å². The topological polar surface area (TPSA) is 20.2 Å². The minimum atomic E-state index is -0.0215. The summed E-state index contributed by atoms with van der Waals surface area (Å²) in [6, 6.07) is 10.8. The van der Waals surface area contributed by atoms with Crippen LogP contribution >= 0.6 is 0 Å². The molecule has 1 aromatic rings. The second-order valence-corrected chi connectivity index (χ2v) is 5.48. The van der Waals surface area contributed by atoms with Gasteiger partial charge in [0.05, 0.1) is 6.10 Å². The van der Waals surface area contributed by atoms with Gasteiger partial charge in [0.25, 0.3) is 0 Å². The molecular weight excluding hydrogens is 184 g/mol. The molecule has 2 saturated carbocycles. The number of aliphatic hydroxyl groups excluding tert-OH is 1. The molecule has 15 heavy (non-hydrogen) atoms. The van der Waals surface area contributed by atoms with Crippen LogP contribution in [0.3, 0.4) is 0 Å². The molecule has 1 heteroatoms. The van der Waals surface area contributed by atoms with Crippen LogP contribution in [0.15, 0.2) is 30.3 Å². The maximum Gasteiger partial charge on any atom is 0.0571 e. The summed E-state index contributed by atoms with van der Waals surface area (Å²) < 4.78 is 0. The van der Waals surface area contributed by atoms with E-state index in [1.807, 2.05) is 0 Å². The second-order valence-electron chi connectivity index (χ2n) is 5.48. The zero-order valence-corrected chi connectivity index (χ0v) is 9.19. The van der Waals surface area contributed by atoms with Crippen molar-refractivity contribution in [3.63, 3.8) is 0 Å². The molecule has 4 unspecified atom stereocenters. The van der Waals surface area contributed by atoms with Crippen molar-refractivity contribution in [1.82, 2.24) is 0 Å². The van der Waals surface area contributed by atoms with E-state index >= 15 is 0 Å². The van der Waals surface area contributed by atoms with Gasteiger partial charge in [-0.1, -0.05) is 37.3 Å². The Balaban J connectivity index is 1.95. The standard InChI is InChI=1S/C14H18O/c1-14(11-5-3-2-4-6-11)9-10-7-12(14)8-13(10)15/h2-6,10,12-13,15H,7-9H2,1H3. The molecule has 0 aliphatic heterocycles. The first-order valence-electron chi connectivity index (χ1n) is 5.94. The van der Waals surface area contributed by atoms with Gasteiger partial charge in [0.1, 0.15) is 0 Å². The first-order chi connectivity index (χ1) is 7.20. The zero-order valence-electron chi connectivity index (χ0n) is 9.19. The Kier molecular flexibility index (Phi) is 1.93. The Hall–Kier alpha value is -0.820. The van der Waals surface area contributed by atoms with Gasteiger partial charge in [-0.2, -0.15) is 0 Å². The van der Waals surface area contributed by atoms with Crippen molar-refractivity contribution in [3.8, 4) is 0 Å². The predicted octanol–water partition coefficient (Wildman–Crippen LogP) is 2.74. The molecule has 4 atom stereocenters. The maximum absolute atomic E-state index is 9.80. The van der Waals surface area contributed by atoms with E-state index in [0.29, 0.717) is 17.3 Å². The predicted molar refractivity (Wildman–Crippen MR) is 60.6 cm³/mol. The highest BCUT2D eigenvalue weighted by Crippen LogP contribution is 2.56. The summed E-state index contributed by atoms with van der Waals surface area (Å²) in [7, 11) is 0. The Morgan fingerprint density at radius 2 is 1.93 bits per heavy atom. The number of hydrogen-bond acceptors (Lipinski definition) is 1. The minimum absolute atomic E-state index is 0.0215. The third-order valence-electron chi connectivity index (χ3n) is 4.68. The summed E-state index contributed by atoms with van der Waals surface area (Å²) in [4.78, 5) is 0. The van der Waals surface area contributed by atoms with Gasteiger partial charge < -0.3 is 5.11 Å². The molecule has 0 heterocycles. The number of rotatable bonds is 1. The van der Waals surface area contributed by atoms with Crippen molar-refractivity contribution >= 4 is 0 Å². The summed E-state index contributed by atoms with van der Waals surface area (Å²) in [6.45, 7) is 2.37. The molecule has 1 nitrogen and oxygen atoms in total. The van der Waals surface area contributed by atoms with Gasteiger partial charge in [0.2, 0.25) is 0 Å². The molecule has 1 N–H and O–H groups in total. The Morgan fingerprint density at radius 1 is 1.20 bits per heavy atom. The summed E-state index contributed by atoms with van der Waals surface area (Å²) in [5, 5.41) is 9.80. The van der Waals surface area contributed by atoms with Crippen LogP contribution in [0.4, 0.5) is 0 Å². The van der Waals surface area contributed by atoms with Gasteiger partial charge in [-0.05, 0) is 42.1 Å². The van der Waals surface area contributed by atoms with Crippen LogP contribution in [0.2, 0.25) is 0 Å². The van der Waals surface area contributed by atoms with Crippen molar-refractivity contribution in [2.24, 2.45) is 11.8 Å². The Bertz CT molecular complexity index is 357. The molecule has 0 radical (unpaired) electrons. The molecule has 0 spiro atoms. The Labute approximate surface area is 91.1 Å². The number of aliphatic hydroxyl groups is 1. The van der Waals surface area contributed by atoms with Crippen molar-refractivity contribution in [2.45, 2.75) is 37.7 Å². The lowest BCUT2D eigenvalue weighted by Gasteiger charge is -2.36. The minimum Gasteiger partial charge on any atom is -0.393 e. The van der Waals surface area contributed by atoms with Crippen molar-refractivity contribution in [3.05, 3.63) is 35.9 Å². The average Bonchev–Trinajstić information content (AvgIpc) is 2.76. The second kappa shape index (κ2) is 3.08. The molecule has 2 aliphatic carbocycles. The van der Waals surface area contributed by atoms with E-state index in [4.69, 9.17) is 0 Å². The quantitative estimate of drug-likeness (QED) is 0.742. The van der Waals surface area contributed by atoms with Crippen LogP contribution in [0, 0.1) is 11.8 Å². The number of benzene rings is 1. The van der Waals surface area contributed by atoms with Gasteiger partial charge in [-0.15, -0.1) is 0 Å². The smallest absolute Gasteiger partial charge is 0.0571 e. The van der Waals surface area contributed by atoms with Gasteiger partial charge >= 0.3 is 0 Å². The summed E-state index contributed by atoms with van der Waals surface area (Å²) in [5.74, 6) is 1.25. The highest BCUT2D eigenvalue weighted by molar-refractivity contribution is 5.29. The Morgan fingerprint density at radius 3 is 2.47 bits per heavy atom. The van der Waals surface area contributed by atoms with Crippen molar-refractivity contribution in [1.29, 1.82) is 0 Å². The first kappa shape index (κ1) is 9.41. The fourth-order valence-electron chi connectivity index (χ4n) is 3.73. The van der Waals surface area contributed by atoms with Crippen LogP contribution in [0.25, 0.3) is 0 Å². The van der Waals surface area contributed by atoms with Crippen LogP contribution < -0.4 is 0 Å². The molecule has 2 bridgehead atoms. The van der Waals surface area contributed by atoms with Gasteiger partial charge in [0.15, 0.2) is 0 Å². The third-order valence-corrected chi connectivity index (χ3v) is 4.68. The molecule has 80 valence electrons. The molecule has 2 fully saturated rings. The molecular formula is C14H18O. The molecule has 0 aromatic heterocycles. The van der Waals surface area contributed by atoms with Crippen LogP contribution in [-0.4, -0.2) is 11.2 Å².